The minimum absolute atomic E-state index is 0.00880. The zero-order valence-corrected chi connectivity index (χ0v) is 12.2. The van der Waals surface area contributed by atoms with Gasteiger partial charge in [0.2, 0.25) is 11.8 Å². The molecule has 2 amide bonds. The standard InChI is InChI=1S/C13H22N2O2S/c1-4-18-8-7-15-9(2)11(16)14-13(3,12(15)17)10-5-6-10/h9-10H,4-8H2,1-3H3,(H,14,16). The average molecular weight is 270 g/mol. The van der Waals surface area contributed by atoms with Gasteiger partial charge in [-0.05, 0) is 38.4 Å². The Morgan fingerprint density at radius 1 is 1.44 bits per heavy atom. The Bertz CT molecular complexity index is 357. The van der Waals surface area contributed by atoms with E-state index >= 15 is 0 Å². The van der Waals surface area contributed by atoms with Gasteiger partial charge in [0.15, 0.2) is 0 Å². The van der Waals surface area contributed by atoms with Crippen LogP contribution in [0.4, 0.5) is 0 Å². The van der Waals surface area contributed by atoms with Gasteiger partial charge in [-0.3, -0.25) is 9.59 Å². The first-order valence-electron chi connectivity index (χ1n) is 6.71. The van der Waals surface area contributed by atoms with Crippen LogP contribution in [0.3, 0.4) is 0 Å². The van der Waals surface area contributed by atoms with Crippen LogP contribution in [0.15, 0.2) is 0 Å². The second kappa shape index (κ2) is 5.11. The molecule has 1 N–H and O–H groups in total. The first-order chi connectivity index (χ1) is 8.50. The van der Waals surface area contributed by atoms with E-state index in [1.807, 2.05) is 13.8 Å². The molecule has 0 spiro atoms. The van der Waals surface area contributed by atoms with Crippen molar-refractivity contribution in [1.82, 2.24) is 10.2 Å². The Morgan fingerprint density at radius 3 is 2.67 bits per heavy atom. The molecule has 2 rings (SSSR count). The van der Waals surface area contributed by atoms with Gasteiger partial charge in [-0.25, -0.2) is 0 Å². The molecule has 0 aromatic carbocycles. The number of thioether (sulfide) groups is 1. The number of nitrogens with zero attached hydrogens (tertiary/aromatic N) is 1. The number of piperazine rings is 1. The summed E-state index contributed by atoms with van der Waals surface area (Å²) in [5.41, 5.74) is -0.652. The van der Waals surface area contributed by atoms with Gasteiger partial charge in [0.05, 0.1) is 0 Å². The molecule has 102 valence electrons. The van der Waals surface area contributed by atoms with E-state index in [2.05, 4.69) is 12.2 Å². The molecule has 2 aliphatic rings. The lowest BCUT2D eigenvalue weighted by atomic mass is 9.90. The normalized spacial score (nSPS) is 32.6. The van der Waals surface area contributed by atoms with E-state index in [9.17, 15) is 9.59 Å². The third-order valence-corrected chi connectivity index (χ3v) is 4.89. The van der Waals surface area contributed by atoms with Crippen LogP contribution in [0.2, 0.25) is 0 Å². The van der Waals surface area contributed by atoms with Crippen molar-refractivity contribution in [2.24, 2.45) is 5.92 Å². The summed E-state index contributed by atoms with van der Waals surface area (Å²) in [6, 6.07) is -0.332. The summed E-state index contributed by atoms with van der Waals surface area (Å²) >= 11 is 1.81. The van der Waals surface area contributed by atoms with Crippen LogP contribution < -0.4 is 5.32 Å². The smallest absolute Gasteiger partial charge is 0.249 e. The molecule has 1 heterocycles. The second-order valence-electron chi connectivity index (χ2n) is 5.34. The van der Waals surface area contributed by atoms with Crippen molar-refractivity contribution in [3.8, 4) is 0 Å². The Kier molecular flexibility index (Phi) is 3.90. The molecule has 2 fully saturated rings. The molecule has 4 nitrogen and oxygen atoms in total. The van der Waals surface area contributed by atoms with E-state index in [1.165, 1.54) is 0 Å². The summed E-state index contributed by atoms with van der Waals surface area (Å²) in [5.74, 6) is 2.38. The van der Waals surface area contributed by atoms with Gasteiger partial charge in [-0.2, -0.15) is 11.8 Å². The van der Waals surface area contributed by atoms with Crippen LogP contribution in [0.25, 0.3) is 0 Å². The molecule has 2 atom stereocenters. The molecule has 1 aliphatic carbocycles. The van der Waals surface area contributed by atoms with Crippen molar-refractivity contribution < 1.29 is 9.59 Å². The molecule has 1 saturated carbocycles. The molecular weight excluding hydrogens is 248 g/mol. The maximum absolute atomic E-state index is 12.6. The third kappa shape index (κ3) is 2.37. The van der Waals surface area contributed by atoms with Crippen LogP contribution in [-0.2, 0) is 9.59 Å². The van der Waals surface area contributed by atoms with Crippen LogP contribution in [0.1, 0.15) is 33.6 Å². The predicted molar refractivity (Wildman–Crippen MR) is 73.4 cm³/mol. The maximum atomic E-state index is 12.6. The topological polar surface area (TPSA) is 49.4 Å². The van der Waals surface area contributed by atoms with Crippen LogP contribution in [0.5, 0.6) is 0 Å². The lowest BCUT2D eigenvalue weighted by Gasteiger charge is -2.43. The quantitative estimate of drug-likeness (QED) is 0.765. The Morgan fingerprint density at radius 2 is 2.11 bits per heavy atom. The van der Waals surface area contributed by atoms with Gasteiger partial charge in [-0.15, -0.1) is 0 Å². The van der Waals surface area contributed by atoms with Crippen molar-refractivity contribution >= 4 is 23.6 Å². The van der Waals surface area contributed by atoms with E-state index in [-0.39, 0.29) is 17.9 Å². The van der Waals surface area contributed by atoms with E-state index in [4.69, 9.17) is 0 Å². The van der Waals surface area contributed by atoms with Crippen molar-refractivity contribution in [2.75, 3.05) is 18.1 Å². The minimum Gasteiger partial charge on any atom is -0.340 e. The first-order valence-corrected chi connectivity index (χ1v) is 7.87. The van der Waals surface area contributed by atoms with E-state index in [0.717, 1.165) is 24.3 Å². The largest absolute Gasteiger partial charge is 0.340 e. The number of hydrogen-bond donors (Lipinski definition) is 1. The third-order valence-electron chi connectivity index (χ3n) is 4.01. The Hall–Kier alpha value is -0.710. The zero-order chi connectivity index (χ0) is 13.3. The summed E-state index contributed by atoms with van der Waals surface area (Å²) < 4.78 is 0. The molecule has 2 unspecified atom stereocenters. The highest BCUT2D eigenvalue weighted by molar-refractivity contribution is 7.99. The zero-order valence-electron chi connectivity index (χ0n) is 11.4. The lowest BCUT2D eigenvalue weighted by molar-refractivity contribution is -0.154. The van der Waals surface area contributed by atoms with E-state index in [0.29, 0.717) is 12.5 Å². The average Bonchev–Trinajstić information content (AvgIpc) is 3.15. The molecule has 0 aromatic heterocycles. The molecule has 0 bridgehead atoms. The first kappa shape index (κ1) is 13.7. The van der Waals surface area contributed by atoms with Gasteiger partial charge in [-0.1, -0.05) is 6.92 Å². The van der Waals surface area contributed by atoms with Crippen LogP contribution in [0, 0.1) is 5.92 Å². The maximum Gasteiger partial charge on any atom is 0.249 e. The number of rotatable bonds is 5. The monoisotopic (exact) mass is 270 g/mol. The molecule has 5 heteroatoms. The van der Waals surface area contributed by atoms with Crippen molar-refractivity contribution in [3.05, 3.63) is 0 Å². The lowest BCUT2D eigenvalue weighted by Crippen LogP contribution is -2.69. The number of carbonyl (C=O) groups is 2. The molecular formula is C13H22N2O2S. The van der Waals surface area contributed by atoms with Crippen molar-refractivity contribution in [2.45, 2.75) is 45.2 Å². The van der Waals surface area contributed by atoms with Crippen LogP contribution >= 0.6 is 11.8 Å². The van der Waals surface area contributed by atoms with Gasteiger partial charge in [0.25, 0.3) is 0 Å². The summed E-state index contributed by atoms with van der Waals surface area (Å²) in [5, 5.41) is 2.94. The second-order valence-corrected chi connectivity index (χ2v) is 6.73. The Balaban J connectivity index is 2.10. The molecule has 0 aromatic rings. The molecule has 1 saturated heterocycles. The summed E-state index contributed by atoms with van der Waals surface area (Å²) in [6.07, 6.45) is 2.10. The fourth-order valence-corrected chi connectivity index (χ4v) is 3.18. The van der Waals surface area contributed by atoms with Crippen LogP contribution in [-0.4, -0.2) is 46.3 Å². The highest BCUT2D eigenvalue weighted by Gasteiger charge is 2.54. The Labute approximate surface area is 113 Å². The summed E-state index contributed by atoms with van der Waals surface area (Å²) in [4.78, 5) is 26.4. The number of carbonyl (C=O) groups excluding carboxylic acids is 2. The van der Waals surface area contributed by atoms with Gasteiger partial charge in [0.1, 0.15) is 11.6 Å². The number of nitrogens with one attached hydrogen (secondary N) is 1. The summed E-state index contributed by atoms with van der Waals surface area (Å²) in [7, 11) is 0. The minimum atomic E-state index is -0.652. The van der Waals surface area contributed by atoms with E-state index < -0.39 is 5.54 Å². The van der Waals surface area contributed by atoms with Crippen molar-refractivity contribution in [1.29, 1.82) is 0 Å². The van der Waals surface area contributed by atoms with Gasteiger partial charge < -0.3 is 10.2 Å². The summed E-state index contributed by atoms with van der Waals surface area (Å²) in [6.45, 7) is 6.48. The molecule has 0 radical (unpaired) electrons. The fraction of sp³-hybridized carbons (Fsp3) is 0.846. The van der Waals surface area contributed by atoms with Crippen molar-refractivity contribution in [3.63, 3.8) is 0 Å². The highest BCUT2D eigenvalue weighted by atomic mass is 32.2. The predicted octanol–water partition coefficient (Wildman–Crippen LogP) is 1.26. The van der Waals surface area contributed by atoms with Gasteiger partial charge >= 0.3 is 0 Å². The molecule has 1 aliphatic heterocycles. The van der Waals surface area contributed by atoms with E-state index in [1.54, 1.807) is 16.7 Å². The number of hydrogen-bond acceptors (Lipinski definition) is 3. The highest BCUT2D eigenvalue weighted by Crippen LogP contribution is 2.42. The fourth-order valence-electron chi connectivity index (χ4n) is 2.57. The SMILES string of the molecule is CCSCCN1C(=O)C(C)(C2CC2)NC(=O)C1C. The van der Waals surface area contributed by atoms with Gasteiger partial charge in [0, 0.05) is 12.3 Å². The molecule has 18 heavy (non-hydrogen) atoms. The number of amides is 2.